The van der Waals surface area contributed by atoms with Crippen molar-refractivity contribution in [2.45, 2.75) is 111 Å². The standard InChI is InChI=1S/C33H42Cl2F3NO4/c1-19-14-26(34)30(27(35)15-19)28(40)11-10-24(17-32(4)12-5-13-32)31(43)25(20(2)33(36,37)38)18-39-21(3)23-8-6-22(7-9-23)16-29(41)42/h14-15,18,21-24H,5-13,16-17H2,1-4H3,(H,41,42)/b25-20-,39-18?/t21-,22?,23?,24?/m0/s1. The molecule has 2 aliphatic rings. The van der Waals surface area contributed by atoms with Crippen molar-refractivity contribution in [2.24, 2.45) is 28.2 Å². The van der Waals surface area contributed by atoms with E-state index in [-0.39, 0.29) is 63.9 Å². The van der Waals surface area contributed by atoms with Crippen LogP contribution < -0.4 is 0 Å². The Morgan fingerprint density at radius 2 is 1.70 bits per heavy atom. The summed E-state index contributed by atoms with van der Waals surface area (Å²) in [7, 11) is 0. The molecule has 2 atom stereocenters. The number of alkyl halides is 3. The largest absolute Gasteiger partial charge is 0.481 e. The molecule has 0 radical (unpaired) electrons. The number of allylic oxidation sites excluding steroid dienone is 2. The van der Waals surface area contributed by atoms with Crippen LogP contribution in [0.15, 0.2) is 28.3 Å². The highest BCUT2D eigenvalue weighted by Gasteiger charge is 2.40. The number of carboxylic acid groups (broad SMARTS) is 1. The van der Waals surface area contributed by atoms with Gasteiger partial charge >= 0.3 is 12.1 Å². The Balaban J connectivity index is 1.84. The van der Waals surface area contributed by atoms with Gasteiger partial charge in [0.15, 0.2) is 11.6 Å². The van der Waals surface area contributed by atoms with Gasteiger partial charge in [0.1, 0.15) is 0 Å². The molecule has 1 unspecified atom stereocenters. The number of Topliss-reactive ketones (excluding diaryl/α,β-unsaturated/α-hetero) is 2. The van der Waals surface area contributed by atoms with Crippen molar-refractivity contribution in [1.29, 1.82) is 0 Å². The van der Waals surface area contributed by atoms with Crippen molar-refractivity contribution < 1.29 is 32.7 Å². The summed E-state index contributed by atoms with van der Waals surface area (Å²) in [6.45, 7) is 6.55. The van der Waals surface area contributed by atoms with E-state index >= 15 is 0 Å². The van der Waals surface area contributed by atoms with Gasteiger partial charge in [0, 0.05) is 42.2 Å². The SMILES string of the molecule is C/C(=C(\C=N[C@@H](C)C1CCC(CC(=O)O)CC1)C(=O)C(CCC(=O)c1c(Cl)cc(C)cc1Cl)CC1(C)CCC1)C(F)(F)F. The number of aryl methyl sites for hydroxylation is 1. The Labute approximate surface area is 262 Å². The number of hydrogen-bond acceptors (Lipinski definition) is 4. The van der Waals surface area contributed by atoms with Crippen LogP contribution in [0.1, 0.15) is 107 Å². The highest BCUT2D eigenvalue weighted by atomic mass is 35.5. The second-order valence-electron chi connectivity index (χ2n) is 12.9. The van der Waals surface area contributed by atoms with E-state index in [2.05, 4.69) is 4.99 Å². The molecule has 0 saturated heterocycles. The molecule has 0 heterocycles. The van der Waals surface area contributed by atoms with Crippen molar-refractivity contribution in [3.8, 4) is 0 Å². The van der Waals surface area contributed by atoms with E-state index < -0.39 is 35.0 Å². The van der Waals surface area contributed by atoms with Crippen molar-refractivity contribution in [3.05, 3.63) is 44.5 Å². The van der Waals surface area contributed by atoms with Crippen LogP contribution in [0, 0.1) is 30.1 Å². The second-order valence-corrected chi connectivity index (χ2v) is 13.7. The average molecular weight is 645 g/mol. The molecule has 10 heteroatoms. The number of ketones is 2. The summed E-state index contributed by atoms with van der Waals surface area (Å²) >= 11 is 12.6. The minimum atomic E-state index is -4.72. The minimum absolute atomic E-state index is 0.0689. The zero-order chi connectivity index (χ0) is 32.1. The molecule has 2 aliphatic carbocycles. The number of benzene rings is 1. The first-order valence-corrected chi connectivity index (χ1v) is 15.8. The molecular weight excluding hydrogens is 602 g/mol. The molecule has 43 heavy (non-hydrogen) atoms. The molecule has 1 N–H and O–H groups in total. The number of halogens is 5. The molecule has 1 aromatic carbocycles. The first-order valence-electron chi connectivity index (χ1n) is 15.1. The number of hydrogen-bond donors (Lipinski definition) is 1. The van der Waals surface area contributed by atoms with Crippen LogP contribution in [-0.4, -0.2) is 41.1 Å². The van der Waals surface area contributed by atoms with Crippen LogP contribution in [0.4, 0.5) is 13.2 Å². The molecule has 2 saturated carbocycles. The maximum atomic E-state index is 14.0. The van der Waals surface area contributed by atoms with Crippen molar-refractivity contribution in [3.63, 3.8) is 0 Å². The second kappa shape index (κ2) is 14.7. The van der Waals surface area contributed by atoms with Gasteiger partial charge in [-0.1, -0.05) is 36.5 Å². The predicted molar refractivity (Wildman–Crippen MR) is 164 cm³/mol. The maximum absolute atomic E-state index is 14.0. The summed E-state index contributed by atoms with van der Waals surface area (Å²) in [5, 5.41) is 9.48. The molecule has 2 fully saturated rings. The Hall–Kier alpha value is -2.19. The number of aliphatic imine (C=N–C) groups is 1. The van der Waals surface area contributed by atoms with E-state index in [1.54, 1.807) is 19.1 Å². The number of carboxylic acids is 1. The lowest BCUT2D eigenvalue weighted by atomic mass is 9.64. The molecule has 0 aromatic heterocycles. The highest BCUT2D eigenvalue weighted by molar-refractivity contribution is 6.40. The van der Waals surface area contributed by atoms with Gasteiger partial charge in [0.25, 0.3) is 0 Å². The van der Waals surface area contributed by atoms with Gasteiger partial charge in [-0.15, -0.1) is 0 Å². The zero-order valence-corrected chi connectivity index (χ0v) is 26.8. The number of aliphatic carboxylic acids is 1. The third kappa shape index (κ3) is 9.65. The molecule has 3 rings (SSSR count). The predicted octanol–water partition coefficient (Wildman–Crippen LogP) is 9.65. The van der Waals surface area contributed by atoms with Crippen molar-refractivity contribution in [2.75, 3.05) is 0 Å². The van der Waals surface area contributed by atoms with E-state index in [1.807, 2.05) is 13.8 Å². The molecular formula is C33H42Cl2F3NO4. The zero-order valence-electron chi connectivity index (χ0n) is 25.3. The first kappa shape index (κ1) is 35.3. The monoisotopic (exact) mass is 643 g/mol. The molecule has 0 aliphatic heterocycles. The lowest BCUT2D eigenvalue weighted by Gasteiger charge is -2.41. The van der Waals surface area contributed by atoms with Crippen LogP contribution in [0.25, 0.3) is 0 Å². The Kier molecular flexibility index (Phi) is 12.1. The van der Waals surface area contributed by atoms with Crippen LogP contribution in [0.2, 0.25) is 10.0 Å². The fourth-order valence-electron chi connectivity index (χ4n) is 6.46. The maximum Gasteiger partial charge on any atom is 0.413 e. The Bertz CT molecular complexity index is 1240. The van der Waals surface area contributed by atoms with E-state index in [1.165, 1.54) is 0 Å². The summed E-state index contributed by atoms with van der Waals surface area (Å²) < 4.78 is 42.1. The topological polar surface area (TPSA) is 83.8 Å². The summed E-state index contributed by atoms with van der Waals surface area (Å²) in [4.78, 5) is 42.6. The van der Waals surface area contributed by atoms with E-state index in [0.29, 0.717) is 6.42 Å². The summed E-state index contributed by atoms with van der Waals surface area (Å²) in [6, 6.07) is 2.93. The van der Waals surface area contributed by atoms with E-state index in [0.717, 1.165) is 63.6 Å². The van der Waals surface area contributed by atoms with Gasteiger partial charge in [-0.2, -0.15) is 13.2 Å². The Morgan fingerprint density at radius 1 is 1.12 bits per heavy atom. The summed E-state index contributed by atoms with van der Waals surface area (Å²) in [5.41, 5.74) is -0.704. The third-order valence-corrected chi connectivity index (χ3v) is 10.0. The Morgan fingerprint density at radius 3 is 2.19 bits per heavy atom. The van der Waals surface area contributed by atoms with Gasteiger partial charge in [0.2, 0.25) is 0 Å². The van der Waals surface area contributed by atoms with Crippen molar-refractivity contribution >= 4 is 47.0 Å². The number of rotatable bonds is 13. The van der Waals surface area contributed by atoms with Gasteiger partial charge in [0.05, 0.1) is 15.6 Å². The highest BCUT2D eigenvalue weighted by Crippen LogP contribution is 2.47. The fourth-order valence-corrected chi connectivity index (χ4v) is 7.26. The van der Waals surface area contributed by atoms with Crippen molar-refractivity contribution in [1.82, 2.24) is 0 Å². The minimum Gasteiger partial charge on any atom is -0.481 e. The van der Waals surface area contributed by atoms with Gasteiger partial charge in [-0.25, -0.2) is 0 Å². The van der Waals surface area contributed by atoms with Crippen LogP contribution in [-0.2, 0) is 9.59 Å². The van der Waals surface area contributed by atoms with Crippen LogP contribution in [0.5, 0.6) is 0 Å². The first-order chi connectivity index (χ1) is 20.0. The number of carbonyl (C=O) groups excluding carboxylic acids is 2. The third-order valence-electron chi connectivity index (χ3n) is 9.43. The van der Waals surface area contributed by atoms with Crippen LogP contribution in [0.3, 0.4) is 0 Å². The molecule has 0 bridgehead atoms. The quantitative estimate of drug-likeness (QED) is 0.132. The fraction of sp³-hybridized carbons (Fsp3) is 0.636. The van der Waals surface area contributed by atoms with E-state index in [4.69, 9.17) is 28.3 Å². The molecule has 238 valence electrons. The summed E-state index contributed by atoms with van der Waals surface area (Å²) in [5.74, 6) is -2.46. The number of carbonyl (C=O) groups is 3. The van der Waals surface area contributed by atoms with Gasteiger partial charge < -0.3 is 5.11 Å². The lowest BCUT2D eigenvalue weighted by molar-refractivity contribution is -0.138. The molecule has 0 spiro atoms. The lowest BCUT2D eigenvalue weighted by Crippen LogP contribution is -2.33. The summed E-state index contributed by atoms with van der Waals surface area (Å²) in [6.07, 6.45) is 2.48. The molecule has 1 aromatic rings. The number of nitrogens with zero attached hydrogens (tertiary/aromatic N) is 1. The van der Waals surface area contributed by atoms with Crippen LogP contribution >= 0.6 is 23.2 Å². The smallest absolute Gasteiger partial charge is 0.413 e. The average Bonchev–Trinajstić information content (AvgIpc) is 2.88. The van der Waals surface area contributed by atoms with Gasteiger partial charge in [-0.05, 0) is 107 Å². The molecule has 5 nitrogen and oxygen atoms in total. The van der Waals surface area contributed by atoms with Gasteiger partial charge in [-0.3, -0.25) is 19.4 Å². The molecule has 0 amide bonds. The van der Waals surface area contributed by atoms with E-state index in [9.17, 15) is 27.6 Å². The normalized spacial score (nSPS) is 22.4.